The highest BCUT2D eigenvalue weighted by molar-refractivity contribution is 5.95. The highest BCUT2D eigenvalue weighted by Crippen LogP contribution is 2.25. The first-order valence-corrected chi connectivity index (χ1v) is 5.06. The molecule has 0 spiro atoms. The molecule has 92 valence electrons. The molecule has 0 amide bonds. The lowest BCUT2D eigenvalue weighted by molar-refractivity contribution is 0.0698. The van der Waals surface area contributed by atoms with Gasteiger partial charge in [-0.05, 0) is 35.4 Å². The minimum Gasteiger partial charge on any atom is -0.478 e. The average molecular weight is 249 g/mol. The van der Waals surface area contributed by atoms with Gasteiger partial charge in [0.15, 0.2) is 0 Å². The molecule has 0 radical (unpaired) electrons. The lowest BCUT2D eigenvalue weighted by Gasteiger charge is -2.06. The van der Waals surface area contributed by atoms with Gasteiger partial charge in [-0.15, -0.1) is 0 Å². The highest BCUT2D eigenvalue weighted by atomic mass is 19.1. The Hall–Kier alpha value is -2.43. The molecular formula is C13H9F2NO2. The molecule has 18 heavy (non-hydrogen) atoms. The maximum Gasteiger partial charge on any atom is 0.337 e. The van der Waals surface area contributed by atoms with Gasteiger partial charge in [0.1, 0.15) is 11.6 Å². The molecular weight excluding hydrogens is 240 g/mol. The van der Waals surface area contributed by atoms with Crippen LogP contribution in [-0.2, 0) is 0 Å². The maximum absolute atomic E-state index is 13.1. The van der Waals surface area contributed by atoms with E-state index in [0.29, 0.717) is 5.56 Å². The number of rotatable bonds is 2. The Morgan fingerprint density at radius 1 is 1.00 bits per heavy atom. The quantitative estimate of drug-likeness (QED) is 0.804. The van der Waals surface area contributed by atoms with E-state index >= 15 is 0 Å². The third-order valence-electron chi connectivity index (χ3n) is 2.48. The minimum absolute atomic E-state index is 0.0998. The van der Waals surface area contributed by atoms with Crippen molar-refractivity contribution in [2.75, 3.05) is 5.73 Å². The predicted octanol–water partition coefficient (Wildman–Crippen LogP) is 2.91. The van der Waals surface area contributed by atoms with E-state index in [9.17, 15) is 13.6 Å². The van der Waals surface area contributed by atoms with Gasteiger partial charge in [0, 0.05) is 11.8 Å². The van der Waals surface area contributed by atoms with E-state index in [1.807, 2.05) is 0 Å². The van der Waals surface area contributed by atoms with Crippen LogP contribution in [0.1, 0.15) is 10.4 Å². The number of nitrogens with two attached hydrogens (primary N) is 1. The Morgan fingerprint density at radius 3 is 2.17 bits per heavy atom. The summed E-state index contributed by atoms with van der Waals surface area (Å²) in [4.78, 5) is 10.9. The predicted molar refractivity (Wildman–Crippen MR) is 63.2 cm³/mol. The molecule has 0 atom stereocenters. The Morgan fingerprint density at radius 2 is 1.61 bits per heavy atom. The molecule has 0 saturated heterocycles. The van der Waals surface area contributed by atoms with Gasteiger partial charge in [0.05, 0.1) is 5.56 Å². The number of halogens is 2. The largest absolute Gasteiger partial charge is 0.478 e. The number of carboxylic acid groups (broad SMARTS) is 1. The van der Waals surface area contributed by atoms with Crippen LogP contribution in [0.4, 0.5) is 14.5 Å². The Bertz CT molecular complexity index is 606. The number of carbonyl (C=O) groups is 1. The van der Waals surface area contributed by atoms with Crippen molar-refractivity contribution in [3.63, 3.8) is 0 Å². The first-order valence-electron chi connectivity index (χ1n) is 5.06. The van der Waals surface area contributed by atoms with E-state index < -0.39 is 17.6 Å². The standard InChI is InChI=1S/C13H9F2NO2/c14-9-3-8(4-10(15)6-9)7-1-2-12(16)11(5-7)13(17)18/h1-6H,16H2,(H,17,18). The Balaban J connectivity index is 2.57. The van der Waals surface area contributed by atoms with Crippen LogP contribution < -0.4 is 5.73 Å². The molecule has 3 N–H and O–H groups in total. The molecule has 0 aromatic heterocycles. The van der Waals surface area contributed by atoms with Gasteiger partial charge in [-0.2, -0.15) is 0 Å². The van der Waals surface area contributed by atoms with Crippen molar-refractivity contribution in [2.24, 2.45) is 0 Å². The topological polar surface area (TPSA) is 63.3 Å². The summed E-state index contributed by atoms with van der Waals surface area (Å²) in [5, 5.41) is 8.92. The monoisotopic (exact) mass is 249 g/mol. The molecule has 0 heterocycles. The zero-order valence-corrected chi connectivity index (χ0v) is 9.15. The average Bonchev–Trinajstić information content (AvgIpc) is 2.27. The molecule has 2 aromatic rings. The van der Waals surface area contributed by atoms with Crippen LogP contribution in [0.5, 0.6) is 0 Å². The van der Waals surface area contributed by atoms with Crippen molar-refractivity contribution >= 4 is 11.7 Å². The van der Waals surface area contributed by atoms with Crippen molar-refractivity contribution in [2.45, 2.75) is 0 Å². The molecule has 0 bridgehead atoms. The molecule has 0 unspecified atom stereocenters. The van der Waals surface area contributed by atoms with Crippen LogP contribution in [0.15, 0.2) is 36.4 Å². The second-order valence-corrected chi connectivity index (χ2v) is 3.77. The Labute approximate surface area is 101 Å². The summed E-state index contributed by atoms with van der Waals surface area (Å²) in [7, 11) is 0. The summed E-state index contributed by atoms with van der Waals surface area (Å²) < 4.78 is 26.1. The van der Waals surface area contributed by atoms with Crippen LogP contribution in [-0.4, -0.2) is 11.1 Å². The third-order valence-corrected chi connectivity index (χ3v) is 2.48. The van der Waals surface area contributed by atoms with E-state index in [1.165, 1.54) is 18.2 Å². The third kappa shape index (κ3) is 2.29. The fraction of sp³-hybridized carbons (Fsp3) is 0. The summed E-state index contributed by atoms with van der Waals surface area (Å²) in [5.74, 6) is -2.64. The highest BCUT2D eigenvalue weighted by Gasteiger charge is 2.10. The molecule has 0 saturated carbocycles. The minimum atomic E-state index is -1.19. The fourth-order valence-corrected chi connectivity index (χ4v) is 1.64. The van der Waals surface area contributed by atoms with E-state index in [4.69, 9.17) is 10.8 Å². The van der Waals surface area contributed by atoms with Crippen LogP contribution in [0, 0.1) is 11.6 Å². The van der Waals surface area contributed by atoms with Crippen molar-refractivity contribution in [1.82, 2.24) is 0 Å². The number of hydrogen-bond acceptors (Lipinski definition) is 2. The number of benzene rings is 2. The Kier molecular flexibility index (Phi) is 2.97. The van der Waals surface area contributed by atoms with Crippen LogP contribution >= 0.6 is 0 Å². The molecule has 3 nitrogen and oxygen atoms in total. The van der Waals surface area contributed by atoms with Gasteiger partial charge < -0.3 is 10.8 Å². The number of carboxylic acids is 1. The number of nitrogen functional groups attached to an aromatic ring is 1. The summed E-state index contributed by atoms with van der Waals surface area (Å²) in [6.07, 6.45) is 0. The maximum atomic E-state index is 13.1. The van der Waals surface area contributed by atoms with Crippen molar-refractivity contribution in [3.05, 3.63) is 53.6 Å². The van der Waals surface area contributed by atoms with Gasteiger partial charge in [-0.1, -0.05) is 6.07 Å². The van der Waals surface area contributed by atoms with E-state index in [-0.39, 0.29) is 16.8 Å². The van der Waals surface area contributed by atoms with Gasteiger partial charge in [-0.25, -0.2) is 13.6 Å². The van der Waals surface area contributed by atoms with Crippen molar-refractivity contribution in [1.29, 1.82) is 0 Å². The SMILES string of the molecule is Nc1ccc(-c2cc(F)cc(F)c2)cc1C(=O)O. The number of hydrogen-bond donors (Lipinski definition) is 2. The van der Waals surface area contributed by atoms with Crippen molar-refractivity contribution in [3.8, 4) is 11.1 Å². The molecule has 2 aromatic carbocycles. The molecule has 0 aliphatic heterocycles. The summed E-state index contributed by atoms with van der Waals surface area (Å²) >= 11 is 0. The van der Waals surface area contributed by atoms with Crippen LogP contribution in [0.25, 0.3) is 11.1 Å². The smallest absolute Gasteiger partial charge is 0.337 e. The van der Waals surface area contributed by atoms with E-state index in [1.54, 1.807) is 0 Å². The zero-order chi connectivity index (χ0) is 13.3. The summed E-state index contributed by atoms with van der Waals surface area (Å²) in [5.41, 5.74) is 6.15. The first kappa shape index (κ1) is 12.0. The molecule has 0 aliphatic carbocycles. The zero-order valence-electron chi connectivity index (χ0n) is 9.15. The normalized spacial score (nSPS) is 10.3. The van der Waals surface area contributed by atoms with Crippen LogP contribution in [0.2, 0.25) is 0 Å². The van der Waals surface area contributed by atoms with Gasteiger partial charge in [-0.3, -0.25) is 0 Å². The fourth-order valence-electron chi connectivity index (χ4n) is 1.64. The molecule has 0 fully saturated rings. The lowest BCUT2D eigenvalue weighted by atomic mass is 10.0. The van der Waals surface area contributed by atoms with Crippen molar-refractivity contribution < 1.29 is 18.7 Å². The molecule has 0 aliphatic rings. The summed E-state index contributed by atoms with van der Waals surface area (Å²) in [6, 6.07) is 7.18. The first-order chi connectivity index (χ1) is 8.47. The van der Waals surface area contributed by atoms with Gasteiger partial charge >= 0.3 is 5.97 Å². The van der Waals surface area contributed by atoms with E-state index in [2.05, 4.69) is 0 Å². The van der Waals surface area contributed by atoms with Gasteiger partial charge in [0.25, 0.3) is 0 Å². The second kappa shape index (κ2) is 4.44. The van der Waals surface area contributed by atoms with E-state index in [0.717, 1.165) is 18.2 Å². The molecule has 2 rings (SSSR count). The van der Waals surface area contributed by atoms with Crippen LogP contribution in [0.3, 0.4) is 0 Å². The molecule has 5 heteroatoms. The van der Waals surface area contributed by atoms with Gasteiger partial charge in [0.2, 0.25) is 0 Å². The summed E-state index contributed by atoms with van der Waals surface area (Å²) in [6.45, 7) is 0. The number of anilines is 1. The second-order valence-electron chi connectivity index (χ2n) is 3.77. The lowest BCUT2D eigenvalue weighted by Crippen LogP contribution is -2.02. The number of aromatic carboxylic acids is 1.